The van der Waals surface area contributed by atoms with E-state index in [2.05, 4.69) is 40.4 Å². The Morgan fingerprint density at radius 1 is 1.11 bits per heavy atom. The number of nitrogens with one attached hydrogen (secondary N) is 2. The molecule has 0 saturated heterocycles. The second kappa shape index (κ2) is 11.8. The standard InChI is InChI=1S/C32H45N7O4S/c1-19-10-11-21(30(40)36-24-15-22(31(2,3)4)16-25(28(24)43-8)37-44(9,41)42)14-26(19)38(34)18-23(33)27-17-35-29(20-12-13-20)39(27)32(5,6)7/h10-11,14-18,20,37H,12-13,33-34H2,1-9H3,(H,36,40)/b23-18-. The number of carbonyl (C=O) groups is 1. The number of sulfonamides is 1. The first-order chi connectivity index (χ1) is 20.3. The number of carbonyl (C=O) groups excluding carboxylic acids is 1. The Bertz CT molecular complexity index is 1710. The minimum Gasteiger partial charge on any atom is -0.492 e. The maximum absolute atomic E-state index is 13.6. The van der Waals surface area contributed by atoms with Crippen molar-refractivity contribution in [1.82, 2.24) is 9.55 Å². The monoisotopic (exact) mass is 623 g/mol. The van der Waals surface area contributed by atoms with Gasteiger partial charge in [-0.25, -0.2) is 19.2 Å². The van der Waals surface area contributed by atoms with Gasteiger partial charge in [-0.2, -0.15) is 0 Å². The van der Waals surface area contributed by atoms with Crippen LogP contribution in [0.3, 0.4) is 0 Å². The Morgan fingerprint density at radius 3 is 2.30 bits per heavy atom. The van der Waals surface area contributed by atoms with Crippen molar-refractivity contribution >= 4 is 38.7 Å². The van der Waals surface area contributed by atoms with Gasteiger partial charge in [0.15, 0.2) is 5.75 Å². The molecule has 12 heteroatoms. The van der Waals surface area contributed by atoms with E-state index < -0.39 is 15.9 Å². The van der Waals surface area contributed by atoms with Crippen LogP contribution in [0, 0.1) is 6.92 Å². The third-order valence-electron chi connectivity index (χ3n) is 7.43. The van der Waals surface area contributed by atoms with Crippen LogP contribution in [0.4, 0.5) is 17.1 Å². The molecule has 44 heavy (non-hydrogen) atoms. The lowest BCUT2D eigenvalue weighted by Gasteiger charge is -2.27. The molecule has 0 atom stereocenters. The molecule has 1 aliphatic rings. The summed E-state index contributed by atoms with van der Waals surface area (Å²) in [6.07, 6.45) is 6.73. The highest BCUT2D eigenvalue weighted by atomic mass is 32.2. The Balaban J connectivity index is 1.67. The Morgan fingerprint density at radius 2 is 1.75 bits per heavy atom. The molecule has 3 aromatic rings. The fourth-order valence-corrected chi connectivity index (χ4v) is 5.61. The summed E-state index contributed by atoms with van der Waals surface area (Å²) in [4.78, 5) is 18.3. The van der Waals surface area contributed by atoms with Crippen LogP contribution in [-0.2, 0) is 21.0 Å². The molecule has 0 spiro atoms. The number of imidazole rings is 1. The number of nitrogens with two attached hydrogens (primary N) is 2. The van der Waals surface area contributed by atoms with Gasteiger partial charge in [-0.3, -0.25) is 14.5 Å². The quantitative estimate of drug-likeness (QED) is 0.182. The molecule has 1 amide bonds. The van der Waals surface area contributed by atoms with Gasteiger partial charge in [0.25, 0.3) is 5.91 Å². The molecule has 1 aliphatic carbocycles. The van der Waals surface area contributed by atoms with Gasteiger partial charge in [-0.15, -0.1) is 0 Å². The van der Waals surface area contributed by atoms with Crippen molar-refractivity contribution in [1.29, 1.82) is 0 Å². The largest absolute Gasteiger partial charge is 0.492 e. The van der Waals surface area contributed by atoms with E-state index >= 15 is 0 Å². The number of hydrogen-bond acceptors (Lipinski definition) is 8. The van der Waals surface area contributed by atoms with Gasteiger partial charge >= 0.3 is 0 Å². The van der Waals surface area contributed by atoms with E-state index in [1.165, 1.54) is 12.1 Å². The van der Waals surface area contributed by atoms with E-state index in [0.717, 1.165) is 41.7 Å². The van der Waals surface area contributed by atoms with E-state index in [0.29, 0.717) is 28.6 Å². The van der Waals surface area contributed by atoms with Gasteiger partial charge in [0.2, 0.25) is 10.0 Å². The van der Waals surface area contributed by atoms with Crippen LogP contribution >= 0.6 is 0 Å². The van der Waals surface area contributed by atoms with Crippen LogP contribution in [0.25, 0.3) is 5.70 Å². The summed E-state index contributed by atoms with van der Waals surface area (Å²) < 4.78 is 34.4. The maximum Gasteiger partial charge on any atom is 0.255 e. The van der Waals surface area contributed by atoms with Crippen LogP contribution in [0.1, 0.15) is 93.3 Å². The van der Waals surface area contributed by atoms with E-state index in [4.69, 9.17) is 16.3 Å². The van der Waals surface area contributed by atoms with Gasteiger partial charge in [0.05, 0.1) is 48.0 Å². The number of ether oxygens (including phenoxy) is 1. The molecule has 4 rings (SSSR count). The number of hydrogen-bond donors (Lipinski definition) is 4. The van der Waals surface area contributed by atoms with Crippen molar-refractivity contribution in [2.75, 3.05) is 28.4 Å². The number of benzene rings is 2. The molecule has 238 valence electrons. The Hall–Kier alpha value is -4.03. The van der Waals surface area contributed by atoms with Crippen molar-refractivity contribution in [3.05, 3.63) is 70.9 Å². The molecule has 1 heterocycles. The first-order valence-corrected chi connectivity index (χ1v) is 16.4. The number of anilines is 3. The number of methoxy groups -OCH3 is 1. The van der Waals surface area contributed by atoms with Crippen LogP contribution in [0.2, 0.25) is 0 Å². The highest BCUT2D eigenvalue weighted by Crippen LogP contribution is 2.42. The first kappa shape index (κ1) is 32.9. The molecule has 1 fully saturated rings. The lowest BCUT2D eigenvalue weighted by molar-refractivity contribution is 0.102. The maximum atomic E-state index is 13.6. The van der Waals surface area contributed by atoms with Crippen LogP contribution < -0.4 is 31.4 Å². The summed E-state index contributed by atoms with van der Waals surface area (Å²) in [7, 11) is -2.20. The molecule has 2 aromatic carbocycles. The third kappa shape index (κ3) is 7.36. The zero-order valence-electron chi connectivity index (χ0n) is 27.1. The Labute approximate surface area is 260 Å². The number of amides is 1. The van der Waals surface area contributed by atoms with E-state index in [9.17, 15) is 13.2 Å². The lowest BCUT2D eigenvalue weighted by Crippen LogP contribution is -2.29. The molecule has 0 radical (unpaired) electrons. The normalized spacial score (nSPS) is 14.4. The second-order valence-electron chi connectivity index (χ2n) is 13.5. The van der Waals surface area contributed by atoms with Gasteiger partial charge in [-0.05, 0) is 81.3 Å². The zero-order chi connectivity index (χ0) is 32.8. The zero-order valence-corrected chi connectivity index (χ0v) is 27.9. The fraction of sp³-hybridized carbons (Fsp3) is 0.438. The lowest BCUT2D eigenvalue weighted by atomic mass is 9.86. The summed E-state index contributed by atoms with van der Waals surface area (Å²) in [5, 5.41) is 4.31. The molecule has 1 aromatic heterocycles. The van der Waals surface area contributed by atoms with Gasteiger partial charge < -0.3 is 20.4 Å². The molecule has 6 N–H and O–H groups in total. The molecule has 0 bridgehead atoms. The summed E-state index contributed by atoms with van der Waals surface area (Å²) in [6.45, 7) is 14.2. The number of aryl methyl sites for hydroxylation is 1. The number of rotatable bonds is 9. The van der Waals surface area contributed by atoms with Crippen molar-refractivity contribution < 1.29 is 17.9 Å². The molecule has 0 unspecified atom stereocenters. The van der Waals surface area contributed by atoms with Crippen molar-refractivity contribution in [3.8, 4) is 5.75 Å². The molecular formula is C32H45N7O4S. The molecule has 0 aliphatic heterocycles. The average molecular weight is 624 g/mol. The Kier molecular flexibility index (Phi) is 8.82. The smallest absolute Gasteiger partial charge is 0.255 e. The predicted molar refractivity (Wildman–Crippen MR) is 177 cm³/mol. The van der Waals surface area contributed by atoms with Gasteiger partial charge in [-0.1, -0.05) is 26.8 Å². The third-order valence-corrected chi connectivity index (χ3v) is 8.02. The van der Waals surface area contributed by atoms with Crippen LogP contribution in [0.5, 0.6) is 5.75 Å². The minimum atomic E-state index is -3.61. The highest BCUT2D eigenvalue weighted by molar-refractivity contribution is 7.92. The summed E-state index contributed by atoms with van der Waals surface area (Å²) in [5.41, 5.74) is 10.4. The summed E-state index contributed by atoms with van der Waals surface area (Å²) in [6, 6.07) is 8.68. The van der Waals surface area contributed by atoms with Crippen molar-refractivity contribution in [2.24, 2.45) is 11.6 Å². The van der Waals surface area contributed by atoms with Crippen molar-refractivity contribution in [2.45, 2.75) is 78.2 Å². The fourth-order valence-electron chi connectivity index (χ4n) is 5.06. The highest BCUT2D eigenvalue weighted by Gasteiger charge is 2.33. The second-order valence-corrected chi connectivity index (χ2v) is 15.2. The van der Waals surface area contributed by atoms with E-state index in [-0.39, 0.29) is 22.4 Å². The molecule has 1 saturated carbocycles. The van der Waals surface area contributed by atoms with Crippen LogP contribution in [0.15, 0.2) is 42.7 Å². The number of aromatic nitrogens is 2. The summed E-state index contributed by atoms with van der Waals surface area (Å²) in [5.74, 6) is 7.77. The minimum absolute atomic E-state index is 0.196. The topological polar surface area (TPSA) is 158 Å². The number of nitrogens with zero attached hydrogens (tertiary/aromatic N) is 3. The van der Waals surface area contributed by atoms with Gasteiger partial charge in [0, 0.05) is 23.2 Å². The van der Waals surface area contributed by atoms with Gasteiger partial charge in [0.1, 0.15) is 5.82 Å². The average Bonchev–Trinajstić information content (AvgIpc) is 3.63. The predicted octanol–water partition coefficient (Wildman–Crippen LogP) is 5.39. The van der Waals surface area contributed by atoms with E-state index in [1.54, 1.807) is 42.7 Å². The SMILES string of the molecule is COc1c(NC(=O)c2ccc(C)c(N(N)/C=C(\N)c3cnc(C4CC4)n3C(C)(C)C)c2)cc(C(C)(C)C)cc1NS(C)(=O)=O. The number of hydrazine groups is 1. The van der Waals surface area contributed by atoms with E-state index in [1.807, 2.05) is 27.7 Å². The molecular weight excluding hydrogens is 578 g/mol. The first-order valence-electron chi connectivity index (χ1n) is 14.5. The van der Waals surface area contributed by atoms with Crippen molar-refractivity contribution in [3.63, 3.8) is 0 Å². The van der Waals surface area contributed by atoms with Crippen LogP contribution in [-0.4, -0.2) is 37.2 Å². The summed E-state index contributed by atoms with van der Waals surface area (Å²) >= 11 is 0. The molecule has 11 nitrogen and oxygen atoms in total.